The van der Waals surface area contributed by atoms with E-state index in [0.717, 1.165) is 21.1 Å². The molecule has 6 nitrogen and oxygen atoms in total. The Morgan fingerprint density at radius 3 is 2.79 bits per heavy atom. The number of nitrogens with one attached hydrogen (secondary N) is 2. The van der Waals surface area contributed by atoms with E-state index in [9.17, 15) is 4.79 Å². The molecule has 0 radical (unpaired) electrons. The van der Waals surface area contributed by atoms with Crippen LogP contribution in [0.1, 0.15) is 28.3 Å². The first-order valence-corrected chi connectivity index (χ1v) is 10.3. The molecule has 0 aliphatic carbocycles. The zero-order valence-electron chi connectivity index (χ0n) is 16.0. The van der Waals surface area contributed by atoms with Gasteiger partial charge in [-0.15, -0.1) is 0 Å². The molecule has 1 aromatic heterocycles. The van der Waals surface area contributed by atoms with Crippen LogP contribution < -0.4 is 20.1 Å². The largest absolute Gasteiger partial charge is 0.493 e. The molecule has 3 aromatic rings. The third kappa shape index (κ3) is 4.02. The zero-order valence-corrected chi connectivity index (χ0v) is 17.6. The molecule has 1 atom stereocenters. The zero-order chi connectivity index (χ0) is 20.4. The van der Waals surface area contributed by atoms with Crippen LogP contribution in [0, 0.1) is 0 Å². The van der Waals surface area contributed by atoms with Crippen LogP contribution in [0.5, 0.6) is 11.5 Å². The molecule has 1 aliphatic heterocycles. The lowest BCUT2D eigenvalue weighted by atomic mass is 9.90. The second kappa shape index (κ2) is 8.31. The van der Waals surface area contributed by atoms with Gasteiger partial charge < -0.3 is 20.1 Å². The monoisotopic (exact) mass is 429 g/mol. The standard InChI is InChI=1S/C21H20ClN3O3S/c1-23-21-25-20-19(29-21)15(10-17(26)24-20)14-4-3-5-16(27-2)18(14)28-11-12-6-8-13(22)9-7-12/h3-9,15H,10-11H2,1-2H3,(H,23,25)(H,24,26). The maximum atomic E-state index is 12.3. The molecule has 4 rings (SSSR count). The predicted octanol–water partition coefficient (Wildman–Crippen LogP) is 4.90. The first kappa shape index (κ1) is 19.5. The van der Waals surface area contributed by atoms with Crippen LogP contribution in [0.4, 0.5) is 10.9 Å². The minimum atomic E-state index is -0.159. The van der Waals surface area contributed by atoms with Crippen molar-refractivity contribution in [3.05, 3.63) is 63.5 Å². The van der Waals surface area contributed by atoms with Crippen LogP contribution in [0.3, 0.4) is 0 Å². The van der Waals surface area contributed by atoms with Gasteiger partial charge >= 0.3 is 0 Å². The lowest BCUT2D eigenvalue weighted by Crippen LogP contribution is -2.23. The van der Waals surface area contributed by atoms with Crippen molar-refractivity contribution >= 4 is 39.8 Å². The summed E-state index contributed by atoms with van der Waals surface area (Å²) in [6.07, 6.45) is 0.322. The number of rotatable bonds is 6. The number of carbonyl (C=O) groups is 1. The van der Waals surface area contributed by atoms with Gasteiger partial charge in [-0.25, -0.2) is 4.98 Å². The third-order valence-corrected chi connectivity index (χ3v) is 6.17. The lowest BCUT2D eigenvalue weighted by molar-refractivity contribution is -0.116. The van der Waals surface area contributed by atoms with E-state index < -0.39 is 0 Å². The number of benzene rings is 2. The molecular weight excluding hydrogens is 410 g/mol. The van der Waals surface area contributed by atoms with Crippen LogP contribution in [-0.4, -0.2) is 25.0 Å². The molecule has 2 heterocycles. The predicted molar refractivity (Wildman–Crippen MR) is 116 cm³/mol. The number of aromatic nitrogens is 1. The van der Waals surface area contributed by atoms with Crippen LogP contribution in [-0.2, 0) is 11.4 Å². The number of para-hydroxylation sites is 1. The highest BCUT2D eigenvalue weighted by molar-refractivity contribution is 7.16. The van der Waals surface area contributed by atoms with E-state index in [1.54, 1.807) is 7.11 Å². The smallest absolute Gasteiger partial charge is 0.226 e. The van der Waals surface area contributed by atoms with Gasteiger partial charge in [0.1, 0.15) is 12.4 Å². The molecule has 1 unspecified atom stereocenters. The Hall–Kier alpha value is -2.77. The molecule has 0 fully saturated rings. The summed E-state index contributed by atoms with van der Waals surface area (Å²) in [6, 6.07) is 13.3. The van der Waals surface area contributed by atoms with E-state index in [1.165, 1.54) is 11.3 Å². The van der Waals surface area contributed by atoms with Crippen molar-refractivity contribution in [2.24, 2.45) is 0 Å². The highest BCUT2D eigenvalue weighted by atomic mass is 35.5. The summed E-state index contributed by atoms with van der Waals surface area (Å²) in [5, 5.41) is 7.35. The van der Waals surface area contributed by atoms with E-state index in [-0.39, 0.29) is 11.8 Å². The number of halogens is 1. The summed E-state index contributed by atoms with van der Waals surface area (Å²) in [5.41, 5.74) is 1.89. The van der Waals surface area contributed by atoms with E-state index in [2.05, 4.69) is 15.6 Å². The molecule has 0 saturated carbocycles. The average Bonchev–Trinajstić information content (AvgIpc) is 3.15. The number of hydrogen-bond donors (Lipinski definition) is 2. The van der Waals surface area contributed by atoms with Gasteiger partial charge in [0, 0.05) is 30.0 Å². The summed E-state index contributed by atoms with van der Waals surface area (Å²) >= 11 is 7.50. The fourth-order valence-electron chi connectivity index (χ4n) is 3.34. The minimum absolute atomic E-state index is 0.0677. The van der Waals surface area contributed by atoms with Crippen LogP contribution in [0.15, 0.2) is 42.5 Å². The van der Waals surface area contributed by atoms with Crippen molar-refractivity contribution in [3.63, 3.8) is 0 Å². The summed E-state index contributed by atoms with van der Waals surface area (Å²) in [7, 11) is 3.42. The van der Waals surface area contributed by atoms with Gasteiger partial charge in [-0.2, -0.15) is 0 Å². The number of hydrogen-bond acceptors (Lipinski definition) is 6. The van der Waals surface area contributed by atoms with Crippen molar-refractivity contribution in [2.45, 2.75) is 18.9 Å². The molecule has 1 aliphatic rings. The normalized spacial score (nSPS) is 15.4. The molecule has 2 aromatic carbocycles. The molecule has 8 heteroatoms. The van der Waals surface area contributed by atoms with Crippen molar-refractivity contribution < 1.29 is 14.3 Å². The SMILES string of the molecule is CNc1nc2c(s1)C(c1cccc(OC)c1OCc1ccc(Cl)cc1)CC(=O)N2. The topological polar surface area (TPSA) is 72.5 Å². The van der Waals surface area contributed by atoms with Crippen molar-refractivity contribution in [1.82, 2.24) is 4.98 Å². The quantitative estimate of drug-likeness (QED) is 0.583. The maximum absolute atomic E-state index is 12.3. The average molecular weight is 430 g/mol. The van der Waals surface area contributed by atoms with E-state index in [0.29, 0.717) is 35.4 Å². The lowest BCUT2D eigenvalue weighted by Gasteiger charge is -2.24. The third-order valence-electron chi connectivity index (χ3n) is 4.73. The molecule has 150 valence electrons. The first-order chi connectivity index (χ1) is 14.1. The Bertz CT molecular complexity index is 1040. The molecular formula is C21H20ClN3O3S. The Kier molecular flexibility index (Phi) is 5.60. The van der Waals surface area contributed by atoms with Gasteiger partial charge in [0.2, 0.25) is 5.91 Å². The fourth-order valence-corrected chi connectivity index (χ4v) is 4.45. The van der Waals surface area contributed by atoms with Crippen molar-refractivity contribution in [3.8, 4) is 11.5 Å². The number of amides is 1. The highest BCUT2D eigenvalue weighted by Crippen LogP contribution is 2.47. The number of ether oxygens (including phenoxy) is 2. The molecule has 29 heavy (non-hydrogen) atoms. The van der Waals surface area contributed by atoms with Gasteiger partial charge in [-0.05, 0) is 23.8 Å². The highest BCUT2D eigenvalue weighted by Gasteiger charge is 2.33. The number of nitrogens with zero attached hydrogens (tertiary/aromatic N) is 1. The number of anilines is 2. The summed E-state index contributed by atoms with van der Waals surface area (Å²) in [6.45, 7) is 0.362. The van der Waals surface area contributed by atoms with E-state index >= 15 is 0 Å². The van der Waals surface area contributed by atoms with Gasteiger partial charge in [0.25, 0.3) is 0 Å². The van der Waals surface area contributed by atoms with Crippen molar-refractivity contribution in [2.75, 3.05) is 24.8 Å². The van der Waals surface area contributed by atoms with Gasteiger partial charge in [0.05, 0.1) is 12.0 Å². The van der Waals surface area contributed by atoms with Crippen molar-refractivity contribution in [1.29, 1.82) is 0 Å². The Balaban J connectivity index is 1.71. The van der Waals surface area contributed by atoms with Crippen LogP contribution in [0.2, 0.25) is 5.02 Å². The number of methoxy groups -OCH3 is 1. The Labute approximate surface area is 177 Å². The summed E-state index contributed by atoms with van der Waals surface area (Å²) in [5.74, 6) is 1.64. The summed E-state index contributed by atoms with van der Waals surface area (Å²) < 4.78 is 11.7. The van der Waals surface area contributed by atoms with Crippen LogP contribution in [0.25, 0.3) is 0 Å². The summed E-state index contributed by atoms with van der Waals surface area (Å²) in [4.78, 5) is 17.8. The molecule has 0 saturated heterocycles. The number of thiazole rings is 1. The molecule has 0 spiro atoms. The van der Waals surface area contributed by atoms with Crippen LogP contribution >= 0.6 is 22.9 Å². The van der Waals surface area contributed by atoms with E-state index in [4.69, 9.17) is 21.1 Å². The van der Waals surface area contributed by atoms with Gasteiger partial charge in [-0.1, -0.05) is 47.2 Å². The molecule has 0 bridgehead atoms. The van der Waals surface area contributed by atoms with Gasteiger partial charge in [0.15, 0.2) is 16.6 Å². The maximum Gasteiger partial charge on any atom is 0.226 e. The minimum Gasteiger partial charge on any atom is -0.493 e. The van der Waals surface area contributed by atoms with E-state index in [1.807, 2.05) is 49.5 Å². The second-order valence-electron chi connectivity index (χ2n) is 6.58. The Morgan fingerprint density at radius 2 is 2.07 bits per heavy atom. The Morgan fingerprint density at radius 1 is 1.28 bits per heavy atom. The second-order valence-corrected chi connectivity index (χ2v) is 8.05. The molecule has 1 amide bonds. The molecule has 2 N–H and O–H groups in total. The number of fused-ring (bicyclic) bond motifs is 1. The first-order valence-electron chi connectivity index (χ1n) is 9.11. The van der Waals surface area contributed by atoms with Gasteiger partial charge in [-0.3, -0.25) is 4.79 Å². The number of carbonyl (C=O) groups excluding carboxylic acids is 1. The fraction of sp³-hybridized carbons (Fsp3) is 0.238.